The second kappa shape index (κ2) is 15.0. The van der Waals surface area contributed by atoms with Gasteiger partial charge in [-0.1, -0.05) is 56.3 Å². The molecule has 2 aromatic carbocycles. The molecule has 1 aliphatic rings. The minimum atomic E-state index is 0. The van der Waals surface area contributed by atoms with Crippen molar-refractivity contribution >= 4 is 41.5 Å². The van der Waals surface area contributed by atoms with Gasteiger partial charge in [0.15, 0.2) is 5.96 Å². The van der Waals surface area contributed by atoms with Crippen LogP contribution in [0.1, 0.15) is 51.2 Å². The highest BCUT2D eigenvalue weighted by Crippen LogP contribution is 2.15. The van der Waals surface area contributed by atoms with Crippen molar-refractivity contribution in [3.63, 3.8) is 0 Å². The van der Waals surface area contributed by atoms with E-state index in [4.69, 9.17) is 4.99 Å². The van der Waals surface area contributed by atoms with Crippen LogP contribution in [0.3, 0.4) is 0 Å². The molecule has 1 fully saturated rings. The monoisotopic (exact) mass is 577 g/mol. The largest absolute Gasteiger partial charge is 0.357 e. The number of carbonyl (C=O) groups excluding carboxylic acids is 1. The molecule has 0 spiro atoms. The number of halogens is 1. The molecule has 186 valence electrons. The molecule has 1 saturated heterocycles. The van der Waals surface area contributed by atoms with E-state index in [9.17, 15) is 4.79 Å². The van der Waals surface area contributed by atoms with E-state index in [1.54, 1.807) is 0 Å². The third-order valence-corrected chi connectivity index (χ3v) is 5.75. The van der Waals surface area contributed by atoms with Gasteiger partial charge in [-0.25, -0.2) is 4.99 Å². The first-order chi connectivity index (χ1) is 16.0. The number of hydrogen-bond acceptors (Lipinski definition) is 3. The van der Waals surface area contributed by atoms with E-state index in [0.29, 0.717) is 24.9 Å². The van der Waals surface area contributed by atoms with E-state index in [2.05, 4.69) is 58.1 Å². The Hall–Kier alpha value is -2.13. The lowest BCUT2D eigenvalue weighted by molar-refractivity contribution is -0.116. The molecule has 1 amide bonds. The zero-order valence-electron chi connectivity index (χ0n) is 20.7. The first-order valence-corrected chi connectivity index (χ1v) is 12.2. The van der Waals surface area contributed by atoms with Gasteiger partial charge in [-0.3, -0.25) is 9.69 Å². The van der Waals surface area contributed by atoms with E-state index >= 15 is 0 Å². The Labute approximate surface area is 222 Å². The van der Waals surface area contributed by atoms with Gasteiger partial charge in [0.05, 0.1) is 6.54 Å². The summed E-state index contributed by atoms with van der Waals surface area (Å²) in [6, 6.07) is 19.1. The lowest BCUT2D eigenvalue weighted by atomic mass is 10.0. The van der Waals surface area contributed by atoms with Crippen LogP contribution in [0.4, 0.5) is 5.69 Å². The SMILES string of the molecule is CCNC(=NCc1cccc(NC(=O)CC(C)C)c1)NC1CCN(Cc2ccccc2)CC1.I. The average molecular weight is 578 g/mol. The summed E-state index contributed by atoms with van der Waals surface area (Å²) >= 11 is 0. The van der Waals surface area contributed by atoms with Gasteiger partial charge in [0.2, 0.25) is 5.91 Å². The number of nitrogens with zero attached hydrogens (tertiary/aromatic N) is 2. The van der Waals surface area contributed by atoms with Gasteiger partial charge in [0.25, 0.3) is 0 Å². The predicted octanol–water partition coefficient (Wildman–Crippen LogP) is 5.01. The molecule has 0 saturated carbocycles. The maximum Gasteiger partial charge on any atom is 0.224 e. The minimum absolute atomic E-state index is 0. The van der Waals surface area contributed by atoms with Crippen molar-refractivity contribution in [2.24, 2.45) is 10.9 Å². The third-order valence-electron chi connectivity index (χ3n) is 5.75. The second-order valence-electron chi connectivity index (χ2n) is 9.22. The highest BCUT2D eigenvalue weighted by atomic mass is 127. The summed E-state index contributed by atoms with van der Waals surface area (Å²) < 4.78 is 0. The molecular weight excluding hydrogens is 537 g/mol. The molecule has 3 N–H and O–H groups in total. The lowest BCUT2D eigenvalue weighted by Gasteiger charge is -2.33. The molecule has 0 unspecified atom stereocenters. The molecule has 1 aliphatic heterocycles. The highest BCUT2D eigenvalue weighted by molar-refractivity contribution is 14.0. The molecule has 7 heteroatoms. The first-order valence-electron chi connectivity index (χ1n) is 12.2. The molecule has 1 heterocycles. The van der Waals surface area contributed by atoms with Crippen molar-refractivity contribution in [2.75, 3.05) is 25.0 Å². The van der Waals surface area contributed by atoms with Gasteiger partial charge < -0.3 is 16.0 Å². The van der Waals surface area contributed by atoms with E-state index in [-0.39, 0.29) is 29.9 Å². The van der Waals surface area contributed by atoms with Crippen LogP contribution in [0.2, 0.25) is 0 Å². The van der Waals surface area contributed by atoms with Gasteiger partial charge in [-0.15, -0.1) is 24.0 Å². The summed E-state index contributed by atoms with van der Waals surface area (Å²) in [5, 5.41) is 9.99. The Morgan fingerprint density at radius 2 is 1.76 bits per heavy atom. The molecule has 34 heavy (non-hydrogen) atoms. The molecule has 0 bridgehead atoms. The Morgan fingerprint density at radius 1 is 1.06 bits per heavy atom. The standard InChI is InChI=1S/C27H39N5O.HI/c1-4-28-27(29-19-23-11-8-12-25(18-23)30-26(33)17-21(2)3)31-24-13-15-32(16-14-24)20-22-9-6-5-7-10-22;/h5-12,18,21,24H,4,13-17,19-20H2,1-3H3,(H,30,33)(H2,28,29,31);1H. The number of nitrogens with one attached hydrogen (secondary N) is 3. The topological polar surface area (TPSA) is 68.8 Å². The van der Waals surface area contributed by atoms with E-state index < -0.39 is 0 Å². The summed E-state index contributed by atoms with van der Waals surface area (Å²) in [5.74, 6) is 1.25. The summed E-state index contributed by atoms with van der Waals surface area (Å²) in [4.78, 5) is 19.4. The normalized spacial score (nSPS) is 15.0. The first kappa shape index (κ1) is 28.1. The van der Waals surface area contributed by atoms with E-state index in [0.717, 1.165) is 56.2 Å². The number of amides is 1. The van der Waals surface area contributed by atoms with Crippen LogP contribution in [-0.4, -0.2) is 42.4 Å². The van der Waals surface area contributed by atoms with Crippen LogP contribution in [0.25, 0.3) is 0 Å². The van der Waals surface area contributed by atoms with Gasteiger partial charge >= 0.3 is 0 Å². The van der Waals surface area contributed by atoms with Crippen LogP contribution >= 0.6 is 24.0 Å². The second-order valence-corrected chi connectivity index (χ2v) is 9.22. The maximum atomic E-state index is 12.1. The summed E-state index contributed by atoms with van der Waals surface area (Å²) in [6.07, 6.45) is 2.74. The highest BCUT2D eigenvalue weighted by Gasteiger charge is 2.20. The van der Waals surface area contributed by atoms with E-state index in [1.165, 1.54) is 5.56 Å². The fraction of sp³-hybridized carbons (Fsp3) is 0.481. The molecule has 2 aromatic rings. The van der Waals surface area contributed by atoms with Crippen LogP contribution < -0.4 is 16.0 Å². The predicted molar refractivity (Wildman–Crippen MR) is 153 cm³/mol. The van der Waals surface area contributed by atoms with Crippen LogP contribution in [0.15, 0.2) is 59.6 Å². The Kier molecular flexibility index (Phi) is 12.4. The molecule has 0 aliphatic carbocycles. The molecular formula is C27H40IN5O. The number of hydrogen-bond donors (Lipinski definition) is 3. The summed E-state index contributed by atoms with van der Waals surface area (Å²) in [6.45, 7) is 10.8. The fourth-order valence-electron chi connectivity index (χ4n) is 4.09. The van der Waals surface area contributed by atoms with Crippen molar-refractivity contribution in [1.29, 1.82) is 0 Å². The molecule has 0 atom stereocenters. The van der Waals surface area contributed by atoms with Crippen molar-refractivity contribution in [3.05, 3.63) is 65.7 Å². The van der Waals surface area contributed by atoms with Gasteiger partial charge in [-0.05, 0) is 48.9 Å². The molecule has 6 nitrogen and oxygen atoms in total. The number of aliphatic imine (C=N–C) groups is 1. The number of guanidine groups is 1. The third kappa shape index (κ3) is 10.0. The summed E-state index contributed by atoms with van der Waals surface area (Å²) in [5.41, 5.74) is 3.28. The van der Waals surface area contributed by atoms with Crippen molar-refractivity contribution < 1.29 is 4.79 Å². The Balaban J connectivity index is 0.00000408. The lowest BCUT2D eigenvalue weighted by Crippen LogP contribution is -2.48. The minimum Gasteiger partial charge on any atom is -0.357 e. The van der Waals surface area contributed by atoms with Gasteiger partial charge in [0.1, 0.15) is 0 Å². The zero-order chi connectivity index (χ0) is 23.5. The Bertz CT molecular complexity index is 895. The molecule has 3 rings (SSSR count). The van der Waals surface area contributed by atoms with Gasteiger partial charge in [0, 0.05) is 44.3 Å². The number of rotatable bonds is 9. The van der Waals surface area contributed by atoms with Crippen molar-refractivity contribution in [3.8, 4) is 0 Å². The summed E-state index contributed by atoms with van der Waals surface area (Å²) in [7, 11) is 0. The van der Waals surface area contributed by atoms with Crippen LogP contribution in [0.5, 0.6) is 0 Å². The number of carbonyl (C=O) groups is 1. The van der Waals surface area contributed by atoms with Crippen molar-refractivity contribution in [2.45, 2.75) is 59.2 Å². The smallest absolute Gasteiger partial charge is 0.224 e. The van der Waals surface area contributed by atoms with Crippen LogP contribution in [-0.2, 0) is 17.9 Å². The van der Waals surface area contributed by atoms with Crippen molar-refractivity contribution in [1.82, 2.24) is 15.5 Å². The average Bonchev–Trinajstić information content (AvgIpc) is 2.79. The van der Waals surface area contributed by atoms with Crippen LogP contribution in [0, 0.1) is 5.92 Å². The quantitative estimate of drug-likeness (QED) is 0.223. The van der Waals surface area contributed by atoms with E-state index in [1.807, 2.05) is 38.1 Å². The van der Waals surface area contributed by atoms with Gasteiger partial charge in [-0.2, -0.15) is 0 Å². The maximum absolute atomic E-state index is 12.1. The number of piperidine rings is 1. The number of likely N-dealkylation sites (tertiary alicyclic amines) is 1. The molecule has 0 radical (unpaired) electrons. The number of anilines is 1. The Morgan fingerprint density at radius 3 is 2.44 bits per heavy atom. The zero-order valence-corrected chi connectivity index (χ0v) is 23.0. The fourth-order valence-corrected chi connectivity index (χ4v) is 4.09. The molecule has 0 aromatic heterocycles. The number of benzene rings is 2.